The summed E-state index contributed by atoms with van der Waals surface area (Å²) < 4.78 is 11.8. The molecule has 1 heterocycles. The zero-order valence-corrected chi connectivity index (χ0v) is 13.7. The molecule has 3 rings (SSSR count). The number of alkyl halides is 3. The second kappa shape index (κ2) is 5.66. The number of hydrogen-bond donors (Lipinski definition) is 1. The number of rotatable bonds is 4. The highest BCUT2D eigenvalue weighted by Gasteiger charge is 2.48. The van der Waals surface area contributed by atoms with E-state index in [2.05, 4.69) is 5.43 Å². The number of hydrogen-bond acceptors (Lipinski definition) is 3. The maximum Gasteiger partial charge on any atom is 0.350 e. The normalized spacial score (nSPS) is 23.0. The lowest BCUT2D eigenvalue weighted by molar-refractivity contribution is 0.235. The predicted molar refractivity (Wildman–Crippen MR) is 83.9 cm³/mol. The second-order valence-electron chi connectivity index (χ2n) is 4.88. The van der Waals surface area contributed by atoms with Crippen LogP contribution in [0.25, 0.3) is 0 Å². The second-order valence-corrected chi connectivity index (χ2v) is 8.11. The molecular weight excluding hydrogens is 360 g/mol. The molecule has 2 aliphatic rings. The summed E-state index contributed by atoms with van der Waals surface area (Å²) in [4.78, 5) is 14.0. The molecule has 1 saturated heterocycles. The monoisotopic (exact) mass is 369 g/mol. The Hall–Kier alpha value is -0.400. The Labute approximate surface area is 140 Å². The number of halogens is 4. The smallest absolute Gasteiger partial charge is 0.274 e. The third-order valence-corrected chi connectivity index (χ3v) is 4.56. The average molecular weight is 371 g/mol. The number of hydrazine groups is 1. The van der Waals surface area contributed by atoms with Crippen LogP contribution < -0.4 is 10.3 Å². The molecule has 0 spiro atoms. The maximum absolute atomic E-state index is 13.4. The lowest BCUT2D eigenvalue weighted by atomic mass is 10.2. The van der Waals surface area contributed by atoms with E-state index in [1.54, 1.807) is 29.2 Å². The highest BCUT2D eigenvalue weighted by atomic mass is 35.5. The molecule has 1 aromatic carbocycles. The number of anilines is 1. The molecule has 1 unspecified atom stereocenters. The first-order valence-electron chi connectivity index (χ1n) is 6.26. The molecule has 0 radical (unpaired) electrons. The van der Waals surface area contributed by atoms with Gasteiger partial charge in [0, 0.05) is 22.7 Å². The molecule has 0 aromatic heterocycles. The third-order valence-electron chi connectivity index (χ3n) is 3.26. The van der Waals surface area contributed by atoms with E-state index in [9.17, 15) is 9.18 Å². The summed E-state index contributed by atoms with van der Waals surface area (Å²) in [5, 5.41) is 0.524. The minimum absolute atomic E-state index is 0.251. The van der Waals surface area contributed by atoms with Crippen molar-refractivity contribution in [2.24, 2.45) is 5.92 Å². The first-order chi connectivity index (χ1) is 9.85. The molecule has 1 aromatic rings. The molecule has 4 nitrogen and oxygen atoms in total. The van der Waals surface area contributed by atoms with Gasteiger partial charge in [0.1, 0.15) is 6.17 Å². The molecule has 1 aliphatic carbocycles. The minimum Gasteiger partial charge on any atom is -0.274 e. The van der Waals surface area contributed by atoms with Gasteiger partial charge in [-0.3, -0.25) is 4.90 Å². The summed E-state index contributed by atoms with van der Waals surface area (Å²) in [6, 6.07) is 6.52. The van der Waals surface area contributed by atoms with E-state index in [4.69, 9.17) is 34.8 Å². The summed E-state index contributed by atoms with van der Waals surface area (Å²) >= 11 is 17.0. The van der Waals surface area contributed by atoms with Gasteiger partial charge >= 0.3 is 9.95 Å². The van der Waals surface area contributed by atoms with E-state index in [0.29, 0.717) is 28.6 Å². The van der Waals surface area contributed by atoms with Gasteiger partial charge in [0.15, 0.2) is 0 Å². The van der Waals surface area contributed by atoms with Gasteiger partial charge < -0.3 is 0 Å². The number of nitrogens with zero attached hydrogens (tertiary/aromatic N) is 2. The number of urea groups is 1. The van der Waals surface area contributed by atoms with E-state index >= 15 is 0 Å². The van der Waals surface area contributed by atoms with Crippen molar-refractivity contribution < 1.29 is 9.18 Å². The fourth-order valence-electron chi connectivity index (χ4n) is 2.24. The Morgan fingerprint density at radius 3 is 2.67 bits per heavy atom. The van der Waals surface area contributed by atoms with Crippen LogP contribution in [0.1, 0.15) is 12.8 Å². The molecule has 2 amide bonds. The summed E-state index contributed by atoms with van der Waals surface area (Å²) in [5.41, 5.74) is 3.59. The quantitative estimate of drug-likeness (QED) is 0.625. The van der Waals surface area contributed by atoms with Gasteiger partial charge in [0.05, 0.1) is 0 Å². The molecule has 9 heteroatoms. The summed E-state index contributed by atoms with van der Waals surface area (Å²) in [6.07, 6.45) is 1.76. The zero-order chi connectivity index (χ0) is 15.2. The van der Waals surface area contributed by atoms with Crippen molar-refractivity contribution >= 4 is 58.5 Å². The van der Waals surface area contributed by atoms with Crippen molar-refractivity contribution in [3.8, 4) is 0 Å². The van der Waals surface area contributed by atoms with Gasteiger partial charge in [0.25, 0.3) is 0 Å². The summed E-state index contributed by atoms with van der Waals surface area (Å²) in [7, 11) is 0. The van der Waals surface area contributed by atoms with E-state index in [1.165, 1.54) is 0 Å². The van der Waals surface area contributed by atoms with Gasteiger partial charge in [-0.05, 0) is 37.0 Å². The standard InChI is InChI=1S/C12H11Cl3FN3OS/c13-8-2-1-3-9(6-8)18-10(7-4-5-7)17-19(11(18)20)21-12(14,15)16/h1-3,6-7,10,17H,4-5H2. The van der Waals surface area contributed by atoms with Crippen LogP contribution in [0.4, 0.5) is 14.9 Å². The topological polar surface area (TPSA) is 35.6 Å². The summed E-state index contributed by atoms with van der Waals surface area (Å²) in [5.74, 6) is 0.318. The summed E-state index contributed by atoms with van der Waals surface area (Å²) in [6.45, 7) is 0. The molecule has 1 atom stereocenters. The molecule has 1 aliphatic heterocycles. The van der Waals surface area contributed by atoms with Crippen LogP contribution in [0.3, 0.4) is 0 Å². The van der Waals surface area contributed by atoms with E-state index in [-0.39, 0.29) is 6.17 Å². The van der Waals surface area contributed by atoms with Crippen LogP contribution >= 0.6 is 46.8 Å². The van der Waals surface area contributed by atoms with Crippen molar-refractivity contribution in [3.05, 3.63) is 29.3 Å². The first kappa shape index (κ1) is 15.5. The highest BCUT2D eigenvalue weighted by Crippen LogP contribution is 2.44. The predicted octanol–water partition coefficient (Wildman–Crippen LogP) is 4.53. The Kier molecular flexibility index (Phi) is 4.18. The number of nitrogens with one attached hydrogen (secondary N) is 1. The fourth-order valence-corrected chi connectivity index (χ4v) is 3.38. The third kappa shape index (κ3) is 3.51. The van der Waals surface area contributed by atoms with Gasteiger partial charge in [-0.2, -0.15) is 14.2 Å². The van der Waals surface area contributed by atoms with Gasteiger partial charge in [-0.15, -0.1) is 0 Å². The van der Waals surface area contributed by atoms with Crippen molar-refractivity contribution in [3.63, 3.8) is 0 Å². The number of carbonyl (C=O) groups is 1. The van der Waals surface area contributed by atoms with Crippen molar-refractivity contribution in [1.29, 1.82) is 0 Å². The van der Waals surface area contributed by atoms with Gasteiger partial charge in [0.2, 0.25) is 0 Å². The van der Waals surface area contributed by atoms with Crippen LogP contribution in [-0.4, -0.2) is 20.5 Å². The fraction of sp³-hybridized carbons (Fsp3) is 0.417. The SMILES string of the molecule is O=C1N(SC(F)(Cl)Cl)NC(C2CC2)N1c1cccc(Cl)c1. The van der Waals surface area contributed by atoms with Gasteiger partial charge in [-0.1, -0.05) is 40.9 Å². The van der Waals surface area contributed by atoms with Crippen molar-refractivity contribution in [2.45, 2.75) is 22.9 Å². The van der Waals surface area contributed by atoms with Gasteiger partial charge in [-0.25, -0.2) is 4.79 Å². The molecule has 0 bridgehead atoms. The zero-order valence-electron chi connectivity index (χ0n) is 10.6. The van der Waals surface area contributed by atoms with Crippen molar-refractivity contribution in [1.82, 2.24) is 9.84 Å². The van der Waals surface area contributed by atoms with Crippen LogP contribution in [0.2, 0.25) is 5.02 Å². The molecule has 21 heavy (non-hydrogen) atoms. The molecule has 2 fully saturated rings. The number of benzene rings is 1. The molecule has 1 saturated carbocycles. The number of amides is 2. The molecule has 114 valence electrons. The van der Waals surface area contributed by atoms with E-state index < -0.39 is 9.95 Å². The van der Waals surface area contributed by atoms with Crippen LogP contribution in [0.5, 0.6) is 0 Å². The largest absolute Gasteiger partial charge is 0.350 e. The number of carbonyl (C=O) groups excluding carboxylic acids is 1. The van der Waals surface area contributed by atoms with E-state index in [1.807, 2.05) is 0 Å². The Morgan fingerprint density at radius 1 is 1.38 bits per heavy atom. The van der Waals surface area contributed by atoms with Crippen LogP contribution in [0, 0.1) is 5.92 Å². The molecule has 1 N–H and O–H groups in total. The molecular formula is C12H11Cl3FN3OS. The first-order valence-corrected chi connectivity index (χ1v) is 8.17. The lowest BCUT2D eigenvalue weighted by Gasteiger charge is -2.22. The Bertz CT molecular complexity index is 567. The van der Waals surface area contributed by atoms with Crippen LogP contribution in [0.15, 0.2) is 24.3 Å². The Balaban J connectivity index is 1.88. The lowest BCUT2D eigenvalue weighted by Crippen LogP contribution is -2.39. The minimum atomic E-state index is -2.58. The van der Waals surface area contributed by atoms with E-state index in [0.717, 1.165) is 17.3 Å². The Morgan fingerprint density at radius 2 is 2.10 bits per heavy atom. The highest BCUT2D eigenvalue weighted by molar-refractivity contribution is 8.01. The van der Waals surface area contributed by atoms with Crippen molar-refractivity contribution in [2.75, 3.05) is 4.90 Å². The van der Waals surface area contributed by atoms with Crippen LogP contribution in [-0.2, 0) is 0 Å². The average Bonchev–Trinajstić information content (AvgIpc) is 3.15. The maximum atomic E-state index is 13.4.